The quantitative estimate of drug-likeness (QED) is 0.894. The molecule has 0 spiro atoms. The van der Waals surface area contributed by atoms with Crippen LogP contribution in [0.4, 0.5) is 5.69 Å². The summed E-state index contributed by atoms with van der Waals surface area (Å²) >= 11 is 0. The summed E-state index contributed by atoms with van der Waals surface area (Å²) in [5.74, 6) is 0.575. The minimum Gasteiger partial charge on any atom is -0.363 e. The van der Waals surface area contributed by atoms with Gasteiger partial charge < -0.3 is 15.0 Å². The summed E-state index contributed by atoms with van der Waals surface area (Å²) in [4.78, 5) is 14.0. The fourth-order valence-electron chi connectivity index (χ4n) is 3.28. The van der Waals surface area contributed by atoms with Gasteiger partial charge in [0.25, 0.3) is 5.91 Å². The predicted octanol–water partition coefficient (Wildman–Crippen LogP) is 1.81. The first-order valence-electron chi connectivity index (χ1n) is 7.39. The van der Waals surface area contributed by atoms with Gasteiger partial charge in [-0.3, -0.25) is 4.79 Å². The van der Waals surface area contributed by atoms with E-state index in [9.17, 15) is 4.79 Å². The lowest BCUT2D eigenvalue weighted by Gasteiger charge is -2.46. The minimum atomic E-state index is -0.230. The monoisotopic (exact) mass is 274 g/mol. The SMILES string of the molecule is CC1(C2CCNCC2)CN(c2ccccc2)C(=O)CO1. The second-order valence-corrected chi connectivity index (χ2v) is 5.94. The molecule has 1 N–H and O–H groups in total. The second-order valence-electron chi connectivity index (χ2n) is 5.94. The zero-order valence-corrected chi connectivity index (χ0v) is 12.0. The molecule has 1 unspecified atom stereocenters. The Hall–Kier alpha value is -1.39. The van der Waals surface area contributed by atoms with Crippen molar-refractivity contribution in [3.8, 4) is 0 Å². The van der Waals surface area contributed by atoms with E-state index in [4.69, 9.17) is 4.74 Å². The van der Waals surface area contributed by atoms with E-state index >= 15 is 0 Å². The van der Waals surface area contributed by atoms with Crippen LogP contribution in [0.2, 0.25) is 0 Å². The van der Waals surface area contributed by atoms with Gasteiger partial charge in [-0.15, -0.1) is 0 Å². The van der Waals surface area contributed by atoms with E-state index in [2.05, 4.69) is 12.2 Å². The molecule has 1 atom stereocenters. The normalized spacial score (nSPS) is 28.6. The molecule has 4 nitrogen and oxygen atoms in total. The number of para-hydroxylation sites is 1. The molecule has 3 rings (SSSR count). The van der Waals surface area contributed by atoms with Gasteiger partial charge in [0.15, 0.2) is 0 Å². The maximum atomic E-state index is 12.2. The number of hydrogen-bond donors (Lipinski definition) is 1. The Kier molecular flexibility index (Phi) is 3.76. The number of carbonyl (C=O) groups is 1. The molecule has 0 bridgehead atoms. The lowest BCUT2D eigenvalue weighted by atomic mass is 9.81. The van der Waals surface area contributed by atoms with E-state index in [0.29, 0.717) is 12.5 Å². The van der Waals surface area contributed by atoms with E-state index in [1.807, 2.05) is 35.2 Å². The fourth-order valence-corrected chi connectivity index (χ4v) is 3.28. The zero-order chi connectivity index (χ0) is 14.0. The third-order valence-electron chi connectivity index (χ3n) is 4.57. The summed E-state index contributed by atoms with van der Waals surface area (Å²) in [5.41, 5.74) is 0.743. The molecule has 2 fully saturated rings. The first-order valence-corrected chi connectivity index (χ1v) is 7.39. The molecule has 2 heterocycles. The Labute approximate surface area is 120 Å². The van der Waals surface area contributed by atoms with Crippen molar-refractivity contribution in [3.05, 3.63) is 30.3 Å². The third kappa shape index (κ3) is 2.58. The Morgan fingerprint density at radius 1 is 1.25 bits per heavy atom. The maximum Gasteiger partial charge on any atom is 0.253 e. The van der Waals surface area contributed by atoms with Crippen molar-refractivity contribution in [1.29, 1.82) is 0 Å². The molecule has 1 aromatic carbocycles. The molecule has 108 valence electrons. The van der Waals surface area contributed by atoms with Crippen molar-refractivity contribution in [3.63, 3.8) is 0 Å². The highest BCUT2D eigenvalue weighted by molar-refractivity contribution is 5.95. The summed E-state index contributed by atoms with van der Waals surface area (Å²) in [6.45, 7) is 5.09. The number of nitrogens with one attached hydrogen (secondary N) is 1. The number of nitrogens with zero attached hydrogens (tertiary/aromatic N) is 1. The van der Waals surface area contributed by atoms with Crippen molar-refractivity contribution in [1.82, 2.24) is 5.32 Å². The number of anilines is 1. The van der Waals surface area contributed by atoms with Crippen molar-refractivity contribution in [2.75, 3.05) is 31.1 Å². The Bertz CT molecular complexity index is 471. The van der Waals surface area contributed by atoms with Gasteiger partial charge in [0, 0.05) is 5.69 Å². The number of amides is 1. The Morgan fingerprint density at radius 3 is 2.65 bits per heavy atom. The van der Waals surface area contributed by atoms with Crippen LogP contribution in [0, 0.1) is 5.92 Å². The van der Waals surface area contributed by atoms with Crippen LogP contribution < -0.4 is 10.2 Å². The highest BCUT2D eigenvalue weighted by Crippen LogP contribution is 2.34. The van der Waals surface area contributed by atoms with Gasteiger partial charge in [-0.25, -0.2) is 0 Å². The van der Waals surface area contributed by atoms with Gasteiger partial charge in [0.05, 0.1) is 12.1 Å². The van der Waals surface area contributed by atoms with E-state index in [1.54, 1.807) is 0 Å². The second kappa shape index (κ2) is 5.54. The van der Waals surface area contributed by atoms with E-state index in [0.717, 1.165) is 31.6 Å². The first-order chi connectivity index (χ1) is 9.69. The van der Waals surface area contributed by atoms with Gasteiger partial charge in [0.2, 0.25) is 0 Å². The van der Waals surface area contributed by atoms with Crippen LogP contribution in [0.1, 0.15) is 19.8 Å². The van der Waals surface area contributed by atoms with Crippen LogP contribution in [-0.4, -0.2) is 37.7 Å². The van der Waals surface area contributed by atoms with Gasteiger partial charge in [0.1, 0.15) is 6.61 Å². The molecule has 0 radical (unpaired) electrons. The van der Waals surface area contributed by atoms with Gasteiger partial charge in [-0.2, -0.15) is 0 Å². The highest BCUT2D eigenvalue weighted by atomic mass is 16.5. The third-order valence-corrected chi connectivity index (χ3v) is 4.57. The molecule has 4 heteroatoms. The summed E-state index contributed by atoms with van der Waals surface area (Å²) in [6, 6.07) is 9.90. The van der Waals surface area contributed by atoms with Gasteiger partial charge in [-0.05, 0) is 50.9 Å². The molecule has 2 aliphatic rings. The van der Waals surface area contributed by atoms with E-state index < -0.39 is 0 Å². The van der Waals surface area contributed by atoms with Gasteiger partial charge >= 0.3 is 0 Å². The van der Waals surface area contributed by atoms with Crippen LogP contribution in [-0.2, 0) is 9.53 Å². The van der Waals surface area contributed by atoms with E-state index in [1.165, 1.54) is 0 Å². The lowest BCUT2D eigenvalue weighted by Crippen LogP contribution is -2.58. The van der Waals surface area contributed by atoms with Crippen LogP contribution in [0.15, 0.2) is 30.3 Å². The standard InChI is InChI=1S/C16H22N2O2/c1-16(13-7-9-17-10-8-13)12-18(15(19)11-20-16)14-5-3-2-4-6-14/h2-6,13,17H,7-12H2,1H3. The summed E-state index contributed by atoms with van der Waals surface area (Å²) < 4.78 is 5.95. The largest absolute Gasteiger partial charge is 0.363 e. The minimum absolute atomic E-state index is 0.0580. The number of rotatable bonds is 2. The van der Waals surface area contributed by atoms with Crippen molar-refractivity contribution >= 4 is 11.6 Å². The molecule has 0 aromatic heterocycles. The molecular weight excluding hydrogens is 252 g/mol. The predicted molar refractivity (Wildman–Crippen MR) is 78.7 cm³/mol. The molecule has 1 amide bonds. The van der Waals surface area contributed by atoms with Crippen molar-refractivity contribution in [2.24, 2.45) is 5.92 Å². The molecular formula is C16H22N2O2. The molecule has 2 aliphatic heterocycles. The van der Waals surface area contributed by atoms with Crippen LogP contribution in [0.25, 0.3) is 0 Å². The molecule has 0 saturated carbocycles. The number of ether oxygens (including phenoxy) is 1. The average Bonchev–Trinajstić information content (AvgIpc) is 2.52. The molecule has 2 saturated heterocycles. The first kappa shape index (κ1) is 13.6. The number of piperidine rings is 1. The number of hydrogen-bond acceptors (Lipinski definition) is 3. The Morgan fingerprint density at radius 2 is 1.95 bits per heavy atom. The van der Waals surface area contributed by atoms with Crippen molar-refractivity contribution < 1.29 is 9.53 Å². The average molecular weight is 274 g/mol. The fraction of sp³-hybridized carbons (Fsp3) is 0.562. The smallest absolute Gasteiger partial charge is 0.253 e. The summed E-state index contributed by atoms with van der Waals surface area (Å²) in [5, 5.41) is 3.39. The lowest BCUT2D eigenvalue weighted by molar-refractivity contribution is -0.144. The number of carbonyl (C=O) groups excluding carboxylic acids is 1. The van der Waals surface area contributed by atoms with Crippen LogP contribution >= 0.6 is 0 Å². The number of benzene rings is 1. The Balaban J connectivity index is 1.80. The maximum absolute atomic E-state index is 12.2. The zero-order valence-electron chi connectivity index (χ0n) is 12.0. The summed E-state index contributed by atoms with van der Waals surface area (Å²) in [7, 11) is 0. The van der Waals surface area contributed by atoms with Crippen LogP contribution in [0.5, 0.6) is 0 Å². The van der Waals surface area contributed by atoms with Gasteiger partial charge in [-0.1, -0.05) is 18.2 Å². The molecule has 1 aromatic rings. The van der Waals surface area contributed by atoms with Crippen LogP contribution in [0.3, 0.4) is 0 Å². The highest BCUT2D eigenvalue weighted by Gasteiger charge is 2.42. The van der Waals surface area contributed by atoms with Crippen molar-refractivity contribution in [2.45, 2.75) is 25.4 Å². The van der Waals surface area contributed by atoms with E-state index in [-0.39, 0.29) is 18.1 Å². The molecule has 20 heavy (non-hydrogen) atoms. The summed E-state index contributed by atoms with van der Waals surface area (Å²) in [6.07, 6.45) is 2.24. The molecule has 0 aliphatic carbocycles. The topological polar surface area (TPSA) is 41.6 Å². The number of morpholine rings is 1.